The zero-order chi connectivity index (χ0) is 62.4. The summed E-state index contributed by atoms with van der Waals surface area (Å²) in [5.41, 5.74) is 0. The molecule has 5 aliphatic rings. The maximum atomic E-state index is 14.2. The van der Waals surface area contributed by atoms with Gasteiger partial charge in [-0.2, -0.15) is 0 Å². The number of nitrogens with one attached hydrogen (secondary N) is 2. The van der Waals surface area contributed by atoms with E-state index in [1.807, 2.05) is 13.0 Å². The van der Waals surface area contributed by atoms with Crippen molar-refractivity contribution in [2.24, 2.45) is 17.8 Å². The van der Waals surface area contributed by atoms with Crippen LogP contribution in [0.25, 0.3) is 0 Å². The molecular weight excluding hydrogens is 1110 g/mol. The molecule has 16 N–H and O–H groups in total. The molecule has 1 amide bonds. The molecule has 0 spiro atoms. The maximum Gasteiger partial charge on any atom is 0.308 e. The van der Waals surface area contributed by atoms with Crippen LogP contribution in [0.15, 0.2) is 85.1 Å². The lowest BCUT2D eigenvalue weighted by Crippen LogP contribution is -2.69. The van der Waals surface area contributed by atoms with Gasteiger partial charge in [0.05, 0.1) is 112 Å². The molecule has 4 saturated heterocycles. The third kappa shape index (κ3) is 23.0. The van der Waals surface area contributed by atoms with Crippen LogP contribution >= 0.6 is 0 Å². The predicted octanol–water partition coefficient (Wildman–Crippen LogP) is -2.10. The van der Waals surface area contributed by atoms with Gasteiger partial charge < -0.3 is 111 Å². The van der Waals surface area contributed by atoms with E-state index in [4.69, 9.17) is 28.4 Å². The largest absolute Gasteiger partial charge is 0.462 e. The average molecular weight is 1210 g/mol. The van der Waals surface area contributed by atoms with Crippen molar-refractivity contribution in [3.63, 3.8) is 0 Å². The highest BCUT2D eigenvalue weighted by Crippen LogP contribution is 2.39. The lowest BCUT2D eigenvalue weighted by molar-refractivity contribution is -0.323. The molecule has 0 aromatic carbocycles. The van der Waals surface area contributed by atoms with Crippen LogP contribution in [0.5, 0.6) is 0 Å². The summed E-state index contributed by atoms with van der Waals surface area (Å²) in [6.45, 7) is 8.95. The first kappa shape index (κ1) is 72.0. The second-order valence-corrected chi connectivity index (χ2v) is 23.3. The SMILES string of the molecule is C[C@@H]1[C@H](O)[C@@H](C)/C=C/C=C/C=C/C=C/C=C/C=C/C=C/[C@H](O[C@@H]2O[C@H](C)[C@@H](O)[C@H](NC[C@@]3(O)OC[C@@H](O)[C@@H](O)[C@@H]3O)[C@@H]2O)C[C@@H]2O[C@](O)(C[C@@H](O)C[C@@H](O)[C@H](O)CC[C@@H](O)C[C@@H](O)CC(=O)O[C@H]1C)C[C@H](O)[C@H]2C(=O)NCCCN1CCOCC1. The summed E-state index contributed by atoms with van der Waals surface area (Å²) < 4.78 is 35.0. The van der Waals surface area contributed by atoms with Crippen LogP contribution in [0.4, 0.5) is 0 Å². The topological polar surface area (TPSA) is 400 Å². The fraction of sp³-hybridized carbons (Fsp3) is 0.733. The lowest BCUT2D eigenvalue weighted by atomic mass is 9.82. The highest BCUT2D eigenvalue weighted by atomic mass is 16.7. The number of amides is 1. The van der Waals surface area contributed by atoms with Crippen molar-refractivity contribution in [2.45, 2.75) is 207 Å². The first-order valence-electron chi connectivity index (χ1n) is 29.7. The van der Waals surface area contributed by atoms with Gasteiger partial charge in [-0.1, -0.05) is 98.9 Å². The van der Waals surface area contributed by atoms with Crippen molar-refractivity contribution in [3.05, 3.63) is 85.1 Å². The van der Waals surface area contributed by atoms with Crippen LogP contribution < -0.4 is 10.6 Å². The molecule has 5 aliphatic heterocycles. The average Bonchev–Trinajstić information content (AvgIpc) is 2.08. The molecule has 0 radical (unpaired) electrons. The highest BCUT2D eigenvalue weighted by Gasteiger charge is 2.53. The van der Waals surface area contributed by atoms with Gasteiger partial charge in [-0.3, -0.25) is 14.5 Å². The zero-order valence-electron chi connectivity index (χ0n) is 49.2. The van der Waals surface area contributed by atoms with Gasteiger partial charge in [0.1, 0.15) is 30.5 Å². The number of fused-ring (bicyclic) bond motifs is 2. The molecule has 2 bridgehead atoms. The van der Waals surface area contributed by atoms with E-state index in [1.54, 1.807) is 86.8 Å². The number of esters is 1. The van der Waals surface area contributed by atoms with Gasteiger partial charge >= 0.3 is 5.97 Å². The number of aliphatic hydroxyl groups excluding tert-OH is 12. The number of hydrogen-bond acceptors (Lipinski definition) is 24. The van der Waals surface area contributed by atoms with Gasteiger partial charge in [0.2, 0.25) is 11.7 Å². The van der Waals surface area contributed by atoms with E-state index in [-0.39, 0.29) is 38.1 Å². The first-order chi connectivity index (χ1) is 40.3. The van der Waals surface area contributed by atoms with Gasteiger partial charge in [-0.25, -0.2) is 0 Å². The quantitative estimate of drug-likeness (QED) is 0.0823. The number of nitrogens with zero attached hydrogens (tertiary/aromatic N) is 1. The Hall–Kier alpha value is -3.72. The Morgan fingerprint density at radius 1 is 0.671 bits per heavy atom. The van der Waals surface area contributed by atoms with Gasteiger partial charge in [0.25, 0.3) is 0 Å². The van der Waals surface area contributed by atoms with E-state index in [2.05, 4.69) is 15.5 Å². The summed E-state index contributed by atoms with van der Waals surface area (Å²) in [5.74, 6) is -8.36. The summed E-state index contributed by atoms with van der Waals surface area (Å²) in [6.07, 6.45) is -2.45. The fourth-order valence-electron chi connectivity index (χ4n) is 11.0. The van der Waals surface area contributed by atoms with Crippen molar-refractivity contribution in [3.8, 4) is 0 Å². The Bertz CT molecular complexity index is 2210. The molecule has 0 saturated carbocycles. The number of rotatable bonds is 10. The predicted molar refractivity (Wildman–Crippen MR) is 307 cm³/mol. The second kappa shape index (κ2) is 35.5. The number of aliphatic hydroxyl groups is 14. The normalized spacial score (nSPS) is 44.4. The standard InChI is InChI=1S/C60H97N3O22/c1-36-18-15-13-11-9-7-5-6-8-10-12-14-16-19-43(84-58-55(75)51(53(73)39(4)83-58)62-35-60(79)56(76)54(74)47(70)34-81-60)31-48-50(57(77)61-22-17-23-63-24-26-80-27-25-63)46(69)33-59(78,85-48)32-42(66)29-45(68)44(67)21-20-40(64)28-41(65)30-49(71)82-38(3)37(2)52(36)72/h5-16,18-19,36-48,50-56,58,62,64-70,72-76,78-79H,17,20-35H2,1-4H3,(H,61,77)/b6-5+,9-7+,10-8+,13-11+,14-12+,18-15+,19-16+/t36-,37-,38-,39+,40+,41+,42-,43-,44+,45+,46-,47+,48-,50+,51-,52+,53+,54+,55-,56-,58-,59+,60+/m0/s1. The van der Waals surface area contributed by atoms with Crippen molar-refractivity contribution in [1.29, 1.82) is 0 Å². The molecule has 25 nitrogen and oxygen atoms in total. The molecule has 0 aromatic rings. The Kier molecular flexibility index (Phi) is 30.1. The molecule has 5 rings (SSSR count). The van der Waals surface area contributed by atoms with Crippen LogP contribution in [0, 0.1) is 17.8 Å². The van der Waals surface area contributed by atoms with Gasteiger partial charge in [0.15, 0.2) is 12.1 Å². The number of ether oxygens (including phenoxy) is 6. The van der Waals surface area contributed by atoms with E-state index < -0.39 is 184 Å². The van der Waals surface area contributed by atoms with E-state index in [0.29, 0.717) is 26.2 Å². The molecule has 0 aromatic heterocycles. The summed E-state index contributed by atoms with van der Waals surface area (Å²) in [7, 11) is 0. The Balaban J connectivity index is 1.42. The molecule has 4 fully saturated rings. The molecule has 0 unspecified atom stereocenters. The minimum Gasteiger partial charge on any atom is -0.462 e. The molecule has 0 aliphatic carbocycles. The van der Waals surface area contributed by atoms with E-state index in [1.165, 1.54) is 13.0 Å². The monoisotopic (exact) mass is 1210 g/mol. The summed E-state index contributed by atoms with van der Waals surface area (Å²) >= 11 is 0. The number of carbonyl (C=O) groups is 2. The molecule has 5 heterocycles. The number of allylic oxidation sites excluding steroid dienone is 12. The smallest absolute Gasteiger partial charge is 0.308 e. The lowest BCUT2D eigenvalue weighted by Gasteiger charge is -2.47. The number of morpholine rings is 1. The van der Waals surface area contributed by atoms with E-state index in [9.17, 15) is 81.1 Å². The first-order valence-corrected chi connectivity index (χ1v) is 29.7. The van der Waals surface area contributed by atoms with Crippen molar-refractivity contribution >= 4 is 11.9 Å². The Morgan fingerprint density at radius 2 is 1.29 bits per heavy atom. The van der Waals surface area contributed by atoms with Crippen LogP contribution in [0.2, 0.25) is 0 Å². The zero-order valence-corrected chi connectivity index (χ0v) is 49.2. The maximum absolute atomic E-state index is 14.2. The highest BCUT2D eigenvalue weighted by molar-refractivity contribution is 5.80. The summed E-state index contributed by atoms with van der Waals surface area (Å²) in [5, 5.41) is 160. The fourth-order valence-corrected chi connectivity index (χ4v) is 11.0. The van der Waals surface area contributed by atoms with Gasteiger partial charge in [-0.05, 0) is 46.1 Å². The number of hydrogen-bond donors (Lipinski definition) is 16. The van der Waals surface area contributed by atoms with Crippen molar-refractivity contribution < 1.29 is 110 Å². The van der Waals surface area contributed by atoms with Crippen LogP contribution in [-0.2, 0) is 38.0 Å². The second-order valence-electron chi connectivity index (χ2n) is 23.3. The summed E-state index contributed by atoms with van der Waals surface area (Å²) in [6, 6.07) is -1.34. The van der Waals surface area contributed by atoms with E-state index >= 15 is 0 Å². The molecule has 23 atom stereocenters. The minimum atomic E-state index is -2.47. The Labute approximate surface area is 497 Å². The van der Waals surface area contributed by atoms with Crippen LogP contribution in [0.3, 0.4) is 0 Å². The molecule has 85 heavy (non-hydrogen) atoms. The molecule has 484 valence electrons. The molecule has 25 heteroatoms. The van der Waals surface area contributed by atoms with Gasteiger partial charge in [0, 0.05) is 57.2 Å². The number of carbonyl (C=O) groups excluding carboxylic acids is 2. The van der Waals surface area contributed by atoms with Crippen molar-refractivity contribution in [1.82, 2.24) is 15.5 Å². The van der Waals surface area contributed by atoms with Gasteiger partial charge in [-0.15, -0.1) is 0 Å². The Morgan fingerprint density at radius 3 is 1.94 bits per heavy atom. The number of cyclic esters (lactones) is 1. The minimum absolute atomic E-state index is 0.130. The van der Waals surface area contributed by atoms with E-state index in [0.717, 1.165) is 13.1 Å². The van der Waals surface area contributed by atoms with Crippen LogP contribution in [-0.4, -0.2) is 262 Å². The third-order valence-corrected chi connectivity index (χ3v) is 16.3. The third-order valence-electron chi connectivity index (χ3n) is 16.3. The summed E-state index contributed by atoms with van der Waals surface area (Å²) in [4.78, 5) is 29.2. The molecular formula is C60H97N3O22. The van der Waals surface area contributed by atoms with Crippen molar-refractivity contribution in [2.75, 3.05) is 52.5 Å². The van der Waals surface area contributed by atoms with Crippen LogP contribution in [0.1, 0.15) is 85.5 Å².